The third kappa shape index (κ3) is 6.50. The van der Waals surface area contributed by atoms with E-state index < -0.39 is 0 Å². The maximum absolute atomic E-state index is 6.19. The SMILES string of the molecule is Clc1cccc(/C=N/n2c(-c3ccc(C4CCCCC4)cc3)csc2=NCCN2CCOCC2)c1. The Morgan fingerprint density at radius 3 is 2.60 bits per heavy atom. The van der Waals surface area contributed by atoms with Gasteiger partial charge < -0.3 is 4.74 Å². The molecule has 184 valence electrons. The fourth-order valence-electron chi connectivity index (χ4n) is 4.90. The minimum Gasteiger partial charge on any atom is -0.379 e. The standard InChI is InChI=1S/C28H33ClN4OS/c29-26-8-4-5-22(19-26)20-31-33-27(21-35-28(33)30-13-14-32-15-17-34-18-16-32)25-11-9-24(10-12-25)23-6-2-1-3-7-23/h4-5,8-12,19-21,23H,1-3,6-7,13-18H2/b30-28?,31-20+. The van der Waals surface area contributed by atoms with Crippen molar-refractivity contribution < 1.29 is 4.74 Å². The van der Waals surface area contributed by atoms with Crippen molar-refractivity contribution in [1.82, 2.24) is 9.58 Å². The average Bonchev–Trinajstić information content (AvgIpc) is 3.31. The predicted octanol–water partition coefficient (Wildman–Crippen LogP) is 6.03. The molecule has 0 unspecified atom stereocenters. The van der Waals surface area contributed by atoms with Crippen LogP contribution in [0.2, 0.25) is 5.02 Å². The van der Waals surface area contributed by atoms with Gasteiger partial charge in [-0.15, -0.1) is 11.3 Å². The molecule has 0 radical (unpaired) electrons. The van der Waals surface area contributed by atoms with Crippen LogP contribution < -0.4 is 4.80 Å². The van der Waals surface area contributed by atoms with Gasteiger partial charge in [-0.2, -0.15) is 5.10 Å². The number of hydrogen-bond acceptors (Lipinski definition) is 5. The molecular weight excluding hydrogens is 476 g/mol. The van der Waals surface area contributed by atoms with Crippen molar-refractivity contribution in [3.63, 3.8) is 0 Å². The molecule has 5 nitrogen and oxygen atoms in total. The first-order valence-electron chi connectivity index (χ1n) is 12.7. The van der Waals surface area contributed by atoms with Gasteiger partial charge in [-0.05, 0) is 42.0 Å². The topological polar surface area (TPSA) is 42.1 Å². The zero-order valence-electron chi connectivity index (χ0n) is 20.1. The minimum atomic E-state index is 0.707. The van der Waals surface area contributed by atoms with E-state index in [-0.39, 0.29) is 0 Å². The largest absolute Gasteiger partial charge is 0.379 e. The Morgan fingerprint density at radius 1 is 1.03 bits per heavy atom. The molecule has 0 N–H and O–H groups in total. The van der Waals surface area contributed by atoms with Crippen molar-refractivity contribution in [3.05, 3.63) is 74.9 Å². The molecular formula is C28H33ClN4OS. The van der Waals surface area contributed by atoms with E-state index >= 15 is 0 Å². The minimum absolute atomic E-state index is 0.707. The van der Waals surface area contributed by atoms with Crippen LogP contribution in [0.15, 0.2) is 64.0 Å². The first-order valence-corrected chi connectivity index (χ1v) is 13.9. The average molecular weight is 509 g/mol. The van der Waals surface area contributed by atoms with E-state index in [1.54, 1.807) is 11.3 Å². The smallest absolute Gasteiger partial charge is 0.206 e. The second kappa shape index (κ2) is 12.1. The lowest BCUT2D eigenvalue weighted by molar-refractivity contribution is 0.0393. The summed E-state index contributed by atoms with van der Waals surface area (Å²) in [6.07, 6.45) is 8.57. The molecule has 2 aromatic carbocycles. The van der Waals surface area contributed by atoms with Gasteiger partial charge in [-0.1, -0.05) is 67.3 Å². The van der Waals surface area contributed by atoms with Crippen LogP contribution in [0.1, 0.15) is 49.1 Å². The van der Waals surface area contributed by atoms with Gasteiger partial charge in [0.1, 0.15) is 0 Å². The maximum Gasteiger partial charge on any atom is 0.206 e. The van der Waals surface area contributed by atoms with Gasteiger partial charge in [0.2, 0.25) is 4.80 Å². The Balaban J connectivity index is 1.41. The predicted molar refractivity (Wildman–Crippen MR) is 146 cm³/mol. The second-order valence-corrected chi connectivity index (χ2v) is 10.6. The van der Waals surface area contributed by atoms with E-state index in [2.05, 4.69) is 34.5 Å². The number of rotatable bonds is 7. The summed E-state index contributed by atoms with van der Waals surface area (Å²) in [5.74, 6) is 0.707. The summed E-state index contributed by atoms with van der Waals surface area (Å²) in [4.78, 5) is 8.24. The lowest BCUT2D eigenvalue weighted by atomic mass is 9.84. The Morgan fingerprint density at radius 2 is 1.83 bits per heavy atom. The highest BCUT2D eigenvalue weighted by atomic mass is 35.5. The molecule has 0 amide bonds. The second-order valence-electron chi connectivity index (χ2n) is 9.31. The summed E-state index contributed by atoms with van der Waals surface area (Å²) in [5.41, 5.74) is 4.66. The molecule has 7 heteroatoms. The van der Waals surface area contributed by atoms with Gasteiger partial charge in [0.25, 0.3) is 0 Å². The Kier molecular flexibility index (Phi) is 8.47. The molecule has 3 aromatic rings. The van der Waals surface area contributed by atoms with Gasteiger partial charge in [-0.3, -0.25) is 9.89 Å². The van der Waals surface area contributed by atoms with Crippen LogP contribution in [0.25, 0.3) is 11.3 Å². The van der Waals surface area contributed by atoms with Gasteiger partial charge in [0.15, 0.2) is 0 Å². The lowest BCUT2D eigenvalue weighted by Gasteiger charge is -2.25. The Hall–Kier alpha value is -2.25. The molecule has 1 aromatic heterocycles. The molecule has 5 rings (SSSR count). The molecule has 1 saturated heterocycles. The molecule has 0 bridgehead atoms. The van der Waals surface area contributed by atoms with Crippen molar-refractivity contribution >= 4 is 29.2 Å². The van der Waals surface area contributed by atoms with Gasteiger partial charge in [-0.25, -0.2) is 4.68 Å². The summed E-state index contributed by atoms with van der Waals surface area (Å²) >= 11 is 7.83. The first kappa shape index (κ1) is 24.4. The van der Waals surface area contributed by atoms with Crippen LogP contribution in [0.5, 0.6) is 0 Å². The van der Waals surface area contributed by atoms with Crippen LogP contribution in [0.4, 0.5) is 0 Å². The fourth-order valence-corrected chi connectivity index (χ4v) is 5.97. The van der Waals surface area contributed by atoms with Crippen LogP contribution >= 0.6 is 22.9 Å². The number of ether oxygens (including phenoxy) is 1. The normalized spacial score (nSPS) is 18.5. The molecule has 1 aliphatic carbocycles. The van der Waals surface area contributed by atoms with Crippen molar-refractivity contribution in [2.75, 3.05) is 39.4 Å². The van der Waals surface area contributed by atoms with E-state index in [0.717, 1.165) is 55.5 Å². The van der Waals surface area contributed by atoms with E-state index in [9.17, 15) is 0 Å². The number of morpholine rings is 1. The van der Waals surface area contributed by atoms with Crippen LogP contribution in [0, 0.1) is 0 Å². The first-order chi connectivity index (χ1) is 17.3. The highest BCUT2D eigenvalue weighted by molar-refractivity contribution is 7.07. The molecule has 35 heavy (non-hydrogen) atoms. The van der Waals surface area contributed by atoms with Crippen molar-refractivity contribution in [3.8, 4) is 11.3 Å². The summed E-state index contributed by atoms with van der Waals surface area (Å²) in [6.45, 7) is 5.25. The van der Waals surface area contributed by atoms with E-state index in [1.807, 2.05) is 35.2 Å². The molecule has 2 fully saturated rings. The maximum atomic E-state index is 6.19. The van der Waals surface area contributed by atoms with Crippen LogP contribution in [-0.2, 0) is 4.74 Å². The van der Waals surface area contributed by atoms with Gasteiger partial charge in [0, 0.05) is 35.6 Å². The quantitative estimate of drug-likeness (QED) is 0.365. The van der Waals surface area contributed by atoms with E-state index in [4.69, 9.17) is 26.4 Å². The third-order valence-electron chi connectivity index (χ3n) is 6.91. The zero-order chi connectivity index (χ0) is 23.9. The molecule has 2 aliphatic rings. The fraction of sp³-hybridized carbons (Fsp3) is 0.429. The van der Waals surface area contributed by atoms with E-state index in [0.29, 0.717) is 10.9 Å². The number of nitrogens with zero attached hydrogens (tertiary/aromatic N) is 4. The monoisotopic (exact) mass is 508 g/mol. The number of hydrogen-bond donors (Lipinski definition) is 0. The highest BCUT2D eigenvalue weighted by Crippen LogP contribution is 2.33. The van der Waals surface area contributed by atoms with Crippen molar-refractivity contribution in [1.29, 1.82) is 0 Å². The molecule has 0 atom stereocenters. The van der Waals surface area contributed by atoms with Crippen molar-refractivity contribution in [2.24, 2.45) is 10.1 Å². The Labute approximate surface area is 216 Å². The van der Waals surface area contributed by atoms with Crippen molar-refractivity contribution in [2.45, 2.75) is 38.0 Å². The molecule has 0 spiro atoms. The number of benzene rings is 2. The van der Waals surface area contributed by atoms with Gasteiger partial charge in [0.05, 0.1) is 31.7 Å². The zero-order valence-corrected chi connectivity index (χ0v) is 21.7. The number of thiazole rings is 1. The Bertz CT molecular complexity index is 1190. The number of aromatic nitrogens is 1. The molecule has 1 aliphatic heterocycles. The third-order valence-corrected chi connectivity index (χ3v) is 8.00. The summed E-state index contributed by atoms with van der Waals surface area (Å²) in [6, 6.07) is 16.9. The van der Waals surface area contributed by atoms with Crippen LogP contribution in [0.3, 0.4) is 0 Å². The van der Waals surface area contributed by atoms with Gasteiger partial charge >= 0.3 is 0 Å². The molecule has 1 saturated carbocycles. The van der Waals surface area contributed by atoms with Crippen LogP contribution in [-0.4, -0.2) is 55.2 Å². The highest BCUT2D eigenvalue weighted by Gasteiger charge is 2.16. The lowest BCUT2D eigenvalue weighted by Crippen LogP contribution is -2.38. The summed E-state index contributed by atoms with van der Waals surface area (Å²) < 4.78 is 7.43. The van der Waals surface area contributed by atoms with E-state index in [1.165, 1.54) is 43.2 Å². The summed E-state index contributed by atoms with van der Waals surface area (Å²) in [5, 5.41) is 7.72. The number of halogens is 1. The summed E-state index contributed by atoms with van der Waals surface area (Å²) in [7, 11) is 0. The molecule has 2 heterocycles.